The third kappa shape index (κ3) is 4.20. The Morgan fingerprint density at radius 3 is 2.50 bits per heavy atom. The minimum absolute atomic E-state index is 0.0771. The van der Waals surface area contributed by atoms with E-state index in [1.807, 2.05) is 0 Å². The van der Waals surface area contributed by atoms with Gasteiger partial charge in [0.15, 0.2) is 0 Å². The summed E-state index contributed by atoms with van der Waals surface area (Å²) in [6.07, 6.45) is 6.38. The number of sulfonamides is 1. The van der Waals surface area contributed by atoms with Crippen LogP contribution in [0.3, 0.4) is 0 Å². The molecule has 2 aromatic rings. The summed E-state index contributed by atoms with van der Waals surface area (Å²) in [5.41, 5.74) is -0.0711. The number of rotatable bonds is 5. The smallest absolute Gasteiger partial charge is 0.323 e. The van der Waals surface area contributed by atoms with Crippen molar-refractivity contribution in [3.05, 3.63) is 40.6 Å². The summed E-state index contributed by atoms with van der Waals surface area (Å²) in [5, 5.41) is 6.99. The van der Waals surface area contributed by atoms with Crippen molar-refractivity contribution in [3.63, 3.8) is 0 Å². The van der Waals surface area contributed by atoms with Gasteiger partial charge in [-0.3, -0.25) is 9.36 Å². The number of para-hydroxylation sites is 1. The number of nitrogens with one attached hydrogen (secondary N) is 1. The van der Waals surface area contributed by atoms with Crippen molar-refractivity contribution in [2.45, 2.75) is 62.9 Å². The molecule has 30 heavy (non-hydrogen) atoms. The summed E-state index contributed by atoms with van der Waals surface area (Å²) < 4.78 is 30.4. The molecule has 1 saturated heterocycles. The number of amides is 1. The Kier molecular flexibility index (Phi) is 6.05. The van der Waals surface area contributed by atoms with Gasteiger partial charge in [-0.05, 0) is 37.8 Å². The zero-order chi connectivity index (χ0) is 21.1. The van der Waals surface area contributed by atoms with Crippen LogP contribution in [0.2, 0.25) is 0 Å². The number of fused-ring (bicyclic) bond motifs is 1. The maximum Gasteiger partial charge on any atom is 0.346 e. The molecule has 0 aliphatic carbocycles. The lowest BCUT2D eigenvalue weighted by molar-refractivity contribution is -0.117. The highest BCUT2D eigenvalue weighted by Gasteiger charge is 2.28. The molecule has 0 spiro atoms. The molecule has 0 bridgehead atoms. The fourth-order valence-corrected chi connectivity index (χ4v) is 5.76. The summed E-state index contributed by atoms with van der Waals surface area (Å²) in [6.45, 7) is 1.34. The van der Waals surface area contributed by atoms with Gasteiger partial charge in [0, 0.05) is 26.1 Å². The highest BCUT2D eigenvalue weighted by Crippen LogP contribution is 2.26. The first kappa shape index (κ1) is 20.8. The first-order valence-electron chi connectivity index (χ1n) is 10.5. The number of piperidine rings is 1. The van der Waals surface area contributed by atoms with Gasteiger partial charge in [-0.2, -0.15) is 9.40 Å². The van der Waals surface area contributed by atoms with Gasteiger partial charge in [-0.25, -0.2) is 17.9 Å². The Hall–Kier alpha value is -2.46. The number of carbonyl (C=O) groups is 1. The Labute approximate surface area is 175 Å². The van der Waals surface area contributed by atoms with Gasteiger partial charge in [-0.1, -0.05) is 25.0 Å². The zero-order valence-electron chi connectivity index (χ0n) is 16.9. The number of anilines is 1. The first-order valence-corrected chi connectivity index (χ1v) is 12.0. The van der Waals surface area contributed by atoms with Crippen molar-refractivity contribution in [2.24, 2.45) is 0 Å². The van der Waals surface area contributed by atoms with E-state index in [9.17, 15) is 18.0 Å². The minimum Gasteiger partial charge on any atom is -0.323 e. The second-order valence-electron chi connectivity index (χ2n) is 7.83. The Morgan fingerprint density at radius 2 is 1.70 bits per heavy atom. The molecule has 1 aromatic heterocycles. The van der Waals surface area contributed by atoms with Crippen molar-refractivity contribution in [2.75, 3.05) is 18.4 Å². The van der Waals surface area contributed by atoms with Gasteiger partial charge in [0.2, 0.25) is 15.9 Å². The Bertz CT molecular complexity index is 1080. The molecule has 2 aliphatic heterocycles. The van der Waals surface area contributed by atoms with Gasteiger partial charge < -0.3 is 5.32 Å². The van der Waals surface area contributed by atoms with Crippen LogP contribution in [0, 0.1) is 0 Å². The molecule has 1 fully saturated rings. The predicted octanol–water partition coefficient (Wildman–Crippen LogP) is 1.58. The number of benzene rings is 1. The summed E-state index contributed by atoms with van der Waals surface area (Å²) in [5.74, 6) is 0.227. The molecule has 0 atom stereocenters. The molecule has 4 rings (SSSR count). The van der Waals surface area contributed by atoms with Crippen LogP contribution in [0.25, 0.3) is 0 Å². The van der Waals surface area contributed by atoms with Gasteiger partial charge in [0.05, 0.1) is 5.69 Å². The maximum atomic E-state index is 13.1. The van der Waals surface area contributed by atoms with Crippen LogP contribution in [0.5, 0.6) is 0 Å². The molecule has 0 saturated carbocycles. The molecule has 162 valence electrons. The van der Waals surface area contributed by atoms with E-state index in [0.717, 1.165) is 49.6 Å². The molecule has 2 aliphatic rings. The minimum atomic E-state index is -3.70. The van der Waals surface area contributed by atoms with Crippen LogP contribution in [0.1, 0.15) is 44.3 Å². The van der Waals surface area contributed by atoms with Crippen molar-refractivity contribution in [1.29, 1.82) is 0 Å². The van der Waals surface area contributed by atoms with Crippen LogP contribution in [0.4, 0.5) is 5.69 Å². The number of hydrogen-bond donors (Lipinski definition) is 1. The van der Waals surface area contributed by atoms with Gasteiger partial charge in [0.25, 0.3) is 0 Å². The van der Waals surface area contributed by atoms with E-state index in [2.05, 4.69) is 10.4 Å². The Morgan fingerprint density at radius 1 is 1.00 bits per heavy atom. The lowest BCUT2D eigenvalue weighted by Gasteiger charge is -2.26. The lowest BCUT2D eigenvalue weighted by atomic mass is 10.2. The van der Waals surface area contributed by atoms with Crippen LogP contribution in [-0.2, 0) is 34.3 Å². The Balaban J connectivity index is 1.53. The SMILES string of the molecule is O=C(Cn1nc2n(c1=O)CCCCC2)Nc1ccccc1S(=O)(=O)N1CCCCC1. The molecule has 0 radical (unpaired) electrons. The quantitative estimate of drug-likeness (QED) is 0.771. The highest BCUT2D eigenvalue weighted by molar-refractivity contribution is 7.89. The summed E-state index contributed by atoms with van der Waals surface area (Å²) in [7, 11) is -3.70. The fourth-order valence-electron chi connectivity index (χ4n) is 4.09. The maximum absolute atomic E-state index is 13.1. The van der Waals surface area contributed by atoms with Crippen LogP contribution < -0.4 is 11.0 Å². The molecule has 1 amide bonds. The van der Waals surface area contributed by atoms with Gasteiger partial charge in [0.1, 0.15) is 17.3 Å². The van der Waals surface area contributed by atoms with Crippen LogP contribution in [-0.4, -0.2) is 46.1 Å². The molecule has 3 heterocycles. The van der Waals surface area contributed by atoms with Crippen molar-refractivity contribution in [3.8, 4) is 0 Å². The fraction of sp³-hybridized carbons (Fsp3) is 0.550. The van der Waals surface area contributed by atoms with E-state index in [1.165, 1.54) is 10.4 Å². The van der Waals surface area contributed by atoms with E-state index < -0.39 is 15.9 Å². The average molecular weight is 434 g/mol. The first-order chi connectivity index (χ1) is 14.5. The summed E-state index contributed by atoms with van der Waals surface area (Å²) in [4.78, 5) is 25.3. The second kappa shape index (κ2) is 8.73. The molecule has 10 heteroatoms. The molecular weight excluding hydrogens is 406 g/mol. The number of hydrogen-bond acceptors (Lipinski definition) is 5. The number of nitrogens with zero attached hydrogens (tertiary/aromatic N) is 4. The van der Waals surface area contributed by atoms with Crippen LogP contribution >= 0.6 is 0 Å². The molecule has 1 N–H and O–H groups in total. The van der Waals surface area contributed by atoms with Crippen LogP contribution in [0.15, 0.2) is 34.0 Å². The summed E-state index contributed by atoms with van der Waals surface area (Å²) in [6, 6.07) is 6.39. The standard InChI is InChI=1S/C20H27N5O4S/c26-19(15-25-20(27)24-14-8-1-3-11-18(24)22-25)21-16-9-4-5-10-17(16)30(28,29)23-12-6-2-7-13-23/h4-5,9-10H,1-3,6-8,11-15H2,(H,21,26). The molecular formula is C20H27N5O4S. The highest BCUT2D eigenvalue weighted by atomic mass is 32.2. The average Bonchev–Trinajstić information content (AvgIpc) is 2.91. The van der Waals surface area contributed by atoms with Crippen molar-refractivity contribution in [1.82, 2.24) is 18.7 Å². The normalized spacial score (nSPS) is 17.9. The second-order valence-corrected chi connectivity index (χ2v) is 9.73. The molecule has 0 unspecified atom stereocenters. The number of aryl methyl sites for hydroxylation is 1. The van der Waals surface area contributed by atoms with E-state index >= 15 is 0 Å². The topological polar surface area (TPSA) is 106 Å². The van der Waals surface area contributed by atoms with Gasteiger partial charge >= 0.3 is 5.69 Å². The van der Waals surface area contributed by atoms with Gasteiger partial charge in [-0.15, -0.1) is 0 Å². The zero-order valence-corrected chi connectivity index (χ0v) is 17.7. The number of aromatic nitrogens is 3. The molecule has 9 nitrogen and oxygen atoms in total. The van der Waals surface area contributed by atoms with E-state index in [-0.39, 0.29) is 22.8 Å². The predicted molar refractivity (Wildman–Crippen MR) is 112 cm³/mol. The van der Waals surface area contributed by atoms with Crippen molar-refractivity contribution >= 4 is 21.6 Å². The largest absolute Gasteiger partial charge is 0.346 e. The van der Waals surface area contributed by atoms with E-state index in [0.29, 0.717) is 25.5 Å². The molecule has 1 aromatic carbocycles. The monoisotopic (exact) mass is 433 g/mol. The third-order valence-electron chi connectivity index (χ3n) is 5.67. The number of carbonyl (C=O) groups excluding carboxylic acids is 1. The van der Waals surface area contributed by atoms with Crippen molar-refractivity contribution < 1.29 is 13.2 Å². The summed E-state index contributed by atoms with van der Waals surface area (Å²) >= 11 is 0. The third-order valence-corrected chi connectivity index (χ3v) is 7.63. The van der Waals surface area contributed by atoms with E-state index in [4.69, 9.17) is 0 Å². The lowest BCUT2D eigenvalue weighted by Crippen LogP contribution is -2.36. The van der Waals surface area contributed by atoms with E-state index in [1.54, 1.807) is 22.8 Å².